The second-order valence-electron chi connectivity index (χ2n) is 9.14. The summed E-state index contributed by atoms with van der Waals surface area (Å²) in [5.41, 5.74) is 2.31. The maximum absolute atomic E-state index is 13.4. The third kappa shape index (κ3) is 4.76. The van der Waals surface area contributed by atoms with Gasteiger partial charge in [0.25, 0.3) is 0 Å². The molecule has 3 heterocycles. The van der Waals surface area contributed by atoms with Gasteiger partial charge in [0, 0.05) is 61.6 Å². The van der Waals surface area contributed by atoms with E-state index < -0.39 is 10.0 Å². The van der Waals surface area contributed by atoms with Crippen molar-refractivity contribution in [3.8, 4) is 6.07 Å². The monoisotopic (exact) mass is 523 g/mol. The number of rotatable bonds is 4. The van der Waals surface area contributed by atoms with E-state index in [1.807, 2.05) is 35.2 Å². The zero-order chi connectivity index (χ0) is 25.3. The second kappa shape index (κ2) is 10.1. The Hall–Kier alpha value is -3.19. The van der Waals surface area contributed by atoms with Crippen molar-refractivity contribution in [1.82, 2.24) is 14.2 Å². The van der Waals surface area contributed by atoms with Crippen LogP contribution >= 0.6 is 11.6 Å². The molecule has 0 bridgehead atoms. The Balaban J connectivity index is 1.24. The number of nitrogens with zero attached hydrogens (tertiary/aromatic N) is 5. The number of piperazine rings is 1. The van der Waals surface area contributed by atoms with E-state index in [0.29, 0.717) is 56.2 Å². The van der Waals surface area contributed by atoms with E-state index in [1.54, 1.807) is 6.20 Å². The normalized spacial score (nSPS) is 19.3. The Morgan fingerprint density at radius 3 is 2.50 bits per heavy atom. The molecular weight excluding hydrogens is 498 g/mol. The van der Waals surface area contributed by atoms with Crippen molar-refractivity contribution >= 4 is 44.1 Å². The molecule has 36 heavy (non-hydrogen) atoms. The SMILES string of the molecule is N#Cc1ccc(S(=O)(=O)N2CCCC(C(=O)N3CCN(c4ccnc5cc(Cl)ccc45)CC3)C2)cc1. The highest BCUT2D eigenvalue weighted by Crippen LogP contribution is 2.29. The molecule has 1 amide bonds. The molecule has 2 aromatic carbocycles. The van der Waals surface area contributed by atoms with Crippen LogP contribution in [0.25, 0.3) is 10.9 Å². The summed E-state index contributed by atoms with van der Waals surface area (Å²) in [6.07, 6.45) is 3.09. The highest BCUT2D eigenvalue weighted by atomic mass is 35.5. The summed E-state index contributed by atoms with van der Waals surface area (Å²) in [5, 5.41) is 10.6. The molecule has 2 fully saturated rings. The number of hydrogen-bond donors (Lipinski definition) is 0. The van der Waals surface area contributed by atoms with Crippen molar-refractivity contribution in [2.45, 2.75) is 17.7 Å². The van der Waals surface area contributed by atoms with Crippen LogP contribution in [0.4, 0.5) is 5.69 Å². The van der Waals surface area contributed by atoms with E-state index in [4.69, 9.17) is 16.9 Å². The average molecular weight is 524 g/mol. The molecule has 0 N–H and O–H groups in total. The number of pyridine rings is 1. The van der Waals surface area contributed by atoms with Gasteiger partial charge in [-0.15, -0.1) is 0 Å². The first-order chi connectivity index (χ1) is 17.4. The Bertz CT molecular complexity index is 1430. The molecule has 3 aromatic rings. The minimum atomic E-state index is -3.72. The number of amides is 1. The molecule has 0 aliphatic carbocycles. The minimum absolute atomic E-state index is 0.0146. The lowest BCUT2D eigenvalue weighted by atomic mass is 9.97. The fraction of sp³-hybridized carbons (Fsp3) is 0.346. The molecule has 0 radical (unpaired) electrons. The first kappa shape index (κ1) is 24.5. The molecule has 1 aromatic heterocycles. The summed E-state index contributed by atoms with van der Waals surface area (Å²) >= 11 is 6.12. The summed E-state index contributed by atoms with van der Waals surface area (Å²) in [7, 11) is -3.72. The van der Waals surface area contributed by atoms with E-state index in [0.717, 1.165) is 16.6 Å². The van der Waals surface area contributed by atoms with Gasteiger partial charge in [-0.25, -0.2) is 8.42 Å². The maximum Gasteiger partial charge on any atom is 0.243 e. The number of sulfonamides is 1. The number of carbonyl (C=O) groups is 1. The van der Waals surface area contributed by atoms with Gasteiger partial charge in [-0.2, -0.15) is 9.57 Å². The smallest absolute Gasteiger partial charge is 0.243 e. The van der Waals surface area contributed by atoms with E-state index in [9.17, 15) is 13.2 Å². The largest absolute Gasteiger partial charge is 0.367 e. The third-order valence-electron chi connectivity index (χ3n) is 6.97. The number of benzene rings is 2. The molecule has 0 saturated carbocycles. The lowest BCUT2D eigenvalue weighted by Crippen LogP contribution is -2.53. The molecule has 2 aliphatic heterocycles. The summed E-state index contributed by atoms with van der Waals surface area (Å²) < 4.78 is 27.7. The van der Waals surface area contributed by atoms with Crippen LogP contribution in [-0.4, -0.2) is 67.8 Å². The number of nitriles is 1. The Kier molecular flexibility index (Phi) is 6.84. The summed E-state index contributed by atoms with van der Waals surface area (Å²) in [4.78, 5) is 22.0. The fourth-order valence-corrected chi connectivity index (χ4v) is 6.71. The average Bonchev–Trinajstić information content (AvgIpc) is 2.92. The zero-order valence-corrected chi connectivity index (χ0v) is 21.2. The van der Waals surface area contributed by atoms with Crippen molar-refractivity contribution in [2.75, 3.05) is 44.2 Å². The van der Waals surface area contributed by atoms with Crippen molar-refractivity contribution in [2.24, 2.45) is 5.92 Å². The van der Waals surface area contributed by atoms with E-state index in [2.05, 4.69) is 9.88 Å². The first-order valence-electron chi connectivity index (χ1n) is 11.9. The van der Waals surface area contributed by atoms with Crippen LogP contribution in [0.15, 0.2) is 59.6 Å². The van der Waals surface area contributed by atoms with Gasteiger partial charge in [-0.3, -0.25) is 9.78 Å². The first-order valence-corrected chi connectivity index (χ1v) is 13.8. The molecule has 10 heteroatoms. The Labute approximate surface area is 215 Å². The van der Waals surface area contributed by atoms with Gasteiger partial charge in [-0.05, 0) is 61.4 Å². The van der Waals surface area contributed by atoms with Crippen molar-refractivity contribution in [3.05, 3.63) is 65.3 Å². The quantitative estimate of drug-likeness (QED) is 0.519. The number of carbonyl (C=O) groups excluding carboxylic acids is 1. The predicted molar refractivity (Wildman–Crippen MR) is 138 cm³/mol. The third-order valence-corrected chi connectivity index (χ3v) is 9.08. The zero-order valence-electron chi connectivity index (χ0n) is 19.7. The van der Waals surface area contributed by atoms with Crippen LogP contribution in [0.1, 0.15) is 18.4 Å². The van der Waals surface area contributed by atoms with Crippen molar-refractivity contribution < 1.29 is 13.2 Å². The maximum atomic E-state index is 13.4. The van der Waals surface area contributed by atoms with Crippen LogP contribution in [-0.2, 0) is 14.8 Å². The molecular formula is C26H26ClN5O3S. The van der Waals surface area contributed by atoms with Crippen LogP contribution in [0, 0.1) is 17.2 Å². The van der Waals surface area contributed by atoms with Gasteiger partial charge in [0.1, 0.15) is 0 Å². The van der Waals surface area contributed by atoms with Crippen molar-refractivity contribution in [1.29, 1.82) is 5.26 Å². The molecule has 186 valence electrons. The van der Waals surface area contributed by atoms with Gasteiger partial charge in [0.15, 0.2) is 0 Å². The predicted octanol–water partition coefficient (Wildman–Crippen LogP) is 3.51. The molecule has 2 saturated heterocycles. The summed E-state index contributed by atoms with van der Waals surface area (Å²) in [5.74, 6) is -0.344. The highest BCUT2D eigenvalue weighted by molar-refractivity contribution is 7.89. The Morgan fingerprint density at radius 2 is 1.78 bits per heavy atom. The van der Waals surface area contributed by atoms with Crippen LogP contribution in [0.5, 0.6) is 0 Å². The number of halogens is 1. The minimum Gasteiger partial charge on any atom is -0.367 e. The van der Waals surface area contributed by atoms with Gasteiger partial charge in [0.05, 0.1) is 28.0 Å². The number of anilines is 1. The van der Waals surface area contributed by atoms with Gasteiger partial charge >= 0.3 is 0 Å². The molecule has 0 spiro atoms. The molecule has 5 rings (SSSR count). The topological polar surface area (TPSA) is 97.6 Å². The molecule has 1 atom stereocenters. The number of aromatic nitrogens is 1. The Morgan fingerprint density at radius 1 is 1.03 bits per heavy atom. The van der Waals surface area contributed by atoms with Crippen LogP contribution in [0.2, 0.25) is 5.02 Å². The van der Waals surface area contributed by atoms with Gasteiger partial charge in [-0.1, -0.05) is 11.6 Å². The van der Waals surface area contributed by atoms with Crippen LogP contribution in [0.3, 0.4) is 0 Å². The molecule has 2 aliphatic rings. The van der Waals surface area contributed by atoms with Crippen molar-refractivity contribution in [3.63, 3.8) is 0 Å². The lowest BCUT2D eigenvalue weighted by molar-refractivity contribution is -0.137. The van der Waals surface area contributed by atoms with Gasteiger partial charge in [0.2, 0.25) is 15.9 Å². The van der Waals surface area contributed by atoms with Crippen LogP contribution < -0.4 is 4.90 Å². The lowest BCUT2D eigenvalue weighted by Gasteiger charge is -2.39. The summed E-state index contributed by atoms with van der Waals surface area (Å²) in [6.45, 7) is 3.10. The van der Waals surface area contributed by atoms with E-state index in [-0.39, 0.29) is 23.3 Å². The van der Waals surface area contributed by atoms with Gasteiger partial charge < -0.3 is 9.80 Å². The molecule has 8 nitrogen and oxygen atoms in total. The van der Waals surface area contributed by atoms with E-state index in [1.165, 1.54) is 28.6 Å². The number of piperidine rings is 1. The highest BCUT2D eigenvalue weighted by Gasteiger charge is 2.36. The number of fused-ring (bicyclic) bond motifs is 1. The summed E-state index contributed by atoms with van der Waals surface area (Å²) in [6, 6.07) is 15.6. The second-order valence-corrected chi connectivity index (χ2v) is 11.5. The standard InChI is InChI=1S/C26H26ClN5O3S/c27-21-5-8-23-24(16-21)29-10-9-25(23)30-12-14-31(15-13-30)26(33)20-2-1-11-32(18-20)36(34,35)22-6-3-19(17-28)4-7-22/h3-10,16,20H,1-2,11-15,18H2. The number of hydrogen-bond acceptors (Lipinski definition) is 6. The fourth-order valence-electron chi connectivity index (χ4n) is 5.02. The van der Waals surface area contributed by atoms with E-state index >= 15 is 0 Å². The molecule has 1 unspecified atom stereocenters.